The number of unbranched alkanes of at least 4 members (excludes halogenated alkanes) is 1. The number of aromatic nitrogens is 6. The van der Waals surface area contributed by atoms with Crippen LogP contribution in [0.3, 0.4) is 0 Å². The van der Waals surface area contributed by atoms with Gasteiger partial charge >= 0.3 is 5.97 Å². The molecule has 4 saturated carbocycles. The summed E-state index contributed by atoms with van der Waals surface area (Å²) >= 11 is 1.59. The molecule has 1 aromatic carbocycles. The monoisotopic (exact) mass is 760 g/mol. The van der Waals surface area contributed by atoms with Gasteiger partial charge in [-0.3, -0.25) is 4.68 Å². The molecule has 12 heteroatoms. The first-order valence-electron chi connectivity index (χ1n) is 20.0. The van der Waals surface area contributed by atoms with Gasteiger partial charge in [0, 0.05) is 47.6 Å². The number of hydrogen-bond acceptors (Lipinski definition) is 10. The van der Waals surface area contributed by atoms with Crippen LogP contribution in [0, 0.1) is 37.0 Å². The minimum absolute atomic E-state index is 0.0133. The van der Waals surface area contributed by atoms with Crippen LogP contribution in [0.15, 0.2) is 36.5 Å². The lowest BCUT2D eigenvalue weighted by atomic mass is 9.39. The Labute approximate surface area is 326 Å². The zero-order chi connectivity index (χ0) is 38.3. The molecule has 11 nitrogen and oxygen atoms in total. The summed E-state index contributed by atoms with van der Waals surface area (Å²) in [7, 11) is 0. The normalized spacial score (nSPS) is 26.8. The van der Waals surface area contributed by atoms with E-state index in [4.69, 9.17) is 19.8 Å². The number of pyridine rings is 1. The Morgan fingerprint density at radius 2 is 1.78 bits per heavy atom. The van der Waals surface area contributed by atoms with Gasteiger partial charge in [-0.1, -0.05) is 44.6 Å². The molecule has 2 N–H and O–H groups in total. The van der Waals surface area contributed by atoms with Crippen molar-refractivity contribution in [3.8, 4) is 11.1 Å². The number of ether oxygens (including phenoxy) is 1. The Kier molecular flexibility index (Phi) is 8.62. The van der Waals surface area contributed by atoms with E-state index in [0.29, 0.717) is 29.6 Å². The molecule has 2 atom stereocenters. The van der Waals surface area contributed by atoms with Crippen LogP contribution in [0.4, 0.5) is 22.6 Å². The van der Waals surface area contributed by atoms with Crippen LogP contribution >= 0.6 is 11.3 Å². The molecule has 4 fully saturated rings. The van der Waals surface area contributed by atoms with E-state index in [-0.39, 0.29) is 27.5 Å². The molecule has 2 unspecified atom stereocenters. The molecule has 5 aromatic rings. The fourth-order valence-electron chi connectivity index (χ4n) is 11.9. The lowest BCUT2D eigenvalue weighted by Gasteiger charge is -2.69. The van der Waals surface area contributed by atoms with Gasteiger partial charge < -0.3 is 20.1 Å². The number of hydrogen-bond donors (Lipinski definition) is 2. The van der Waals surface area contributed by atoms with E-state index in [9.17, 15) is 9.90 Å². The Bertz CT molecular complexity index is 2310. The number of nitrogens with one attached hydrogen (secondary N) is 1. The van der Waals surface area contributed by atoms with E-state index in [1.165, 1.54) is 24.8 Å². The molecule has 5 aliphatic rings. The summed E-state index contributed by atoms with van der Waals surface area (Å²) in [6, 6.07) is 10.1. The molecule has 55 heavy (non-hydrogen) atoms. The fraction of sp³-hybridized carbons (Fsp3) is 0.535. The number of aryl methyl sites for hydroxylation is 1. The van der Waals surface area contributed by atoms with Crippen molar-refractivity contribution in [2.24, 2.45) is 16.2 Å². The number of thiazole rings is 1. The minimum Gasteiger partial charge on any atom is -0.476 e. The average molecular weight is 761 g/mol. The summed E-state index contributed by atoms with van der Waals surface area (Å²) in [5.41, 5.74) is 7.14. The van der Waals surface area contributed by atoms with Crippen LogP contribution in [0.25, 0.3) is 21.3 Å². The number of nitrogens with zero attached hydrogens (tertiary/aromatic N) is 7. The van der Waals surface area contributed by atoms with Gasteiger partial charge in [-0.2, -0.15) is 5.10 Å². The maximum atomic E-state index is 12.9. The van der Waals surface area contributed by atoms with E-state index in [2.05, 4.69) is 79.9 Å². The molecule has 4 aromatic heterocycles. The SMILES string of the molecule is CCCCOC12CC3(C)CC(C)(CC(Cn4ncc(-c5ccc(N6CCCc7c6nnc(Nc6nc8cc(C)ccc8s6)c7C)nc5C(=O)O)c4C)(C3)C1)C2. The molecule has 4 bridgehead atoms. The first-order valence-corrected chi connectivity index (χ1v) is 20.8. The highest BCUT2D eigenvalue weighted by Gasteiger charge is 2.66. The van der Waals surface area contributed by atoms with Gasteiger partial charge in [0.2, 0.25) is 0 Å². The van der Waals surface area contributed by atoms with Crippen LogP contribution in [-0.2, 0) is 17.7 Å². The van der Waals surface area contributed by atoms with Gasteiger partial charge in [0.05, 0.1) is 22.0 Å². The number of benzene rings is 1. The lowest BCUT2D eigenvalue weighted by Crippen LogP contribution is -2.64. The number of carboxylic acid groups (broad SMARTS) is 1. The summed E-state index contributed by atoms with van der Waals surface area (Å²) in [5, 5.41) is 28.9. The standard InChI is InChI=1S/C43H52N8O3S/c1-7-8-16-54-43-22-40(5)19-41(6,23-43)21-42(20-40,24-43)25-51-28(4)31(18-44-51)30-12-14-34(46-35(30)38(52)53)50-15-9-10-29-27(3)36(48-49-37(29)50)47-39-45-32-17-26(2)11-13-33(32)55-39/h11-14,17-18H,7-10,15-16,19-25H2,1-6H3,(H,52,53)(H,45,47,48). The Morgan fingerprint density at radius 3 is 2.55 bits per heavy atom. The van der Waals surface area contributed by atoms with Gasteiger partial charge in [-0.25, -0.2) is 14.8 Å². The smallest absolute Gasteiger partial charge is 0.355 e. The van der Waals surface area contributed by atoms with Crippen LogP contribution < -0.4 is 10.2 Å². The second kappa shape index (κ2) is 13.1. The topological polar surface area (TPSA) is 131 Å². The summed E-state index contributed by atoms with van der Waals surface area (Å²) in [5.74, 6) is 0.868. The summed E-state index contributed by atoms with van der Waals surface area (Å²) in [6.07, 6.45) is 12.8. The lowest BCUT2D eigenvalue weighted by molar-refractivity contribution is -0.248. The molecule has 10 rings (SSSR count). The van der Waals surface area contributed by atoms with Crippen LogP contribution in [0.2, 0.25) is 0 Å². The maximum absolute atomic E-state index is 12.9. The number of carboxylic acids is 1. The van der Waals surface area contributed by atoms with Crippen molar-refractivity contribution in [3.05, 3.63) is 64.6 Å². The van der Waals surface area contributed by atoms with Gasteiger partial charge in [-0.15, -0.1) is 10.2 Å². The van der Waals surface area contributed by atoms with Crippen molar-refractivity contribution in [3.63, 3.8) is 0 Å². The molecule has 288 valence electrons. The molecular formula is C43H52N8O3S. The van der Waals surface area contributed by atoms with E-state index in [0.717, 1.165) is 95.8 Å². The zero-order valence-electron chi connectivity index (χ0n) is 33.0. The Balaban J connectivity index is 0.987. The van der Waals surface area contributed by atoms with Gasteiger partial charge in [0.15, 0.2) is 22.5 Å². The third-order valence-electron chi connectivity index (χ3n) is 13.0. The molecule has 1 aliphatic heterocycles. The quantitative estimate of drug-likeness (QED) is 0.126. The van der Waals surface area contributed by atoms with Gasteiger partial charge in [0.25, 0.3) is 0 Å². The van der Waals surface area contributed by atoms with Gasteiger partial charge in [-0.05, 0) is 125 Å². The van der Waals surface area contributed by atoms with E-state index >= 15 is 0 Å². The van der Waals surface area contributed by atoms with Crippen LogP contribution in [0.1, 0.15) is 111 Å². The molecule has 5 heterocycles. The van der Waals surface area contributed by atoms with Crippen molar-refractivity contribution in [1.29, 1.82) is 0 Å². The Hall–Kier alpha value is -4.42. The molecule has 0 spiro atoms. The van der Waals surface area contributed by atoms with Gasteiger partial charge in [0.1, 0.15) is 5.82 Å². The van der Waals surface area contributed by atoms with Crippen LogP contribution in [0.5, 0.6) is 0 Å². The number of rotatable bonds is 11. The molecule has 0 radical (unpaired) electrons. The fourth-order valence-corrected chi connectivity index (χ4v) is 12.7. The molecule has 4 aliphatic carbocycles. The minimum atomic E-state index is -1.07. The third kappa shape index (κ3) is 6.39. The van der Waals surface area contributed by atoms with Crippen molar-refractivity contribution < 1.29 is 14.6 Å². The second-order valence-electron chi connectivity index (χ2n) is 18.1. The number of fused-ring (bicyclic) bond motifs is 2. The number of anilines is 4. The van der Waals surface area contributed by atoms with Crippen molar-refractivity contribution in [1.82, 2.24) is 29.9 Å². The first-order chi connectivity index (χ1) is 26.3. The predicted molar refractivity (Wildman–Crippen MR) is 217 cm³/mol. The van der Waals surface area contributed by atoms with Crippen molar-refractivity contribution in [2.75, 3.05) is 23.4 Å². The van der Waals surface area contributed by atoms with E-state index in [1.54, 1.807) is 11.3 Å². The molecule has 0 saturated heterocycles. The van der Waals surface area contributed by atoms with Crippen LogP contribution in [-0.4, -0.2) is 59.8 Å². The highest BCUT2D eigenvalue weighted by molar-refractivity contribution is 7.22. The maximum Gasteiger partial charge on any atom is 0.355 e. The highest BCUT2D eigenvalue weighted by atomic mass is 32.1. The van der Waals surface area contributed by atoms with Crippen molar-refractivity contribution >= 4 is 50.1 Å². The highest BCUT2D eigenvalue weighted by Crippen LogP contribution is 2.72. The summed E-state index contributed by atoms with van der Waals surface area (Å²) in [6.45, 7) is 15.7. The third-order valence-corrected chi connectivity index (χ3v) is 13.9. The predicted octanol–water partition coefficient (Wildman–Crippen LogP) is 9.73. The second-order valence-corrected chi connectivity index (χ2v) is 19.1. The summed E-state index contributed by atoms with van der Waals surface area (Å²) in [4.78, 5) is 24.5. The largest absolute Gasteiger partial charge is 0.476 e. The first kappa shape index (κ1) is 36.2. The molecule has 0 amide bonds. The number of carbonyl (C=O) groups is 1. The van der Waals surface area contributed by atoms with Crippen molar-refractivity contribution in [2.45, 2.75) is 118 Å². The number of aromatic carboxylic acids is 1. The molecular weight excluding hydrogens is 709 g/mol. The Morgan fingerprint density at radius 1 is 0.982 bits per heavy atom. The average Bonchev–Trinajstić information content (AvgIpc) is 3.68. The van der Waals surface area contributed by atoms with E-state index in [1.807, 2.05) is 23.2 Å². The van der Waals surface area contributed by atoms with E-state index < -0.39 is 5.97 Å². The summed E-state index contributed by atoms with van der Waals surface area (Å²) < 4.78 is 10.1. The zero-order valence-corrected chi connectivity index (χ0v) is 33.8.